The average Bonchev–Trinajstić information content (AvgIpc) is 3.16. The molecule has 0 saturated carbocycles. The van der Waals surface area contributed by atoms with Crippen molar-refractivity contribution in [2.24, 2.45) is 5.73 Å². The van der Waals surface area contributed by atoms with Gasteiger partial charge in [-0.2, -0.15) is 5.10 Å². The van der Waals surface area contributed by atoms with Gasteiger partial charge in [0.1, 0.15) is 12.1 Å². The Morgan fingerprint density at radius 2 is 1.91 bits per heavy atom. The predicted octanol–water partition coefficient (Wildman–Crippen LogP) is 3.61. The Morgan fingerprint density at radius 1 is 1.22 bits per heavy atom. The number of hydrogen-bond acceptors (Lipinski definition) is 6. The zero-order chi connectivity index (χ0) is 23.3. The van der Waals surface area contributed by atoms with Crippen LogP contribution in [-0.2, 0) is 21.9 Å². The normalized spacial score (nSPS) is 18.3. The third-order valence-corrected chi connectivity index (χ3v) is 7.44. The summed E-state index contributed by atoms with van der Waals surface area (Å²) in [5.41, 5.74) is 7.25. The lowest BCUT2D eigenvalue weighted by Gasteiger charge is -2.26. The molecule has 0 saturated heterocycles. The van der Waals surface area contributed by atoms with E-state index >= 15 is 4.39 Å². The van der Waals surface area contributed by atoms with Crippen LogP contribution in [0.1, 0.15) is 26.3 Å². The monoisotopic (exact) mass is 477 g/mol. The zero-order valence-corrected chi connectivity index (χ0v) is 19.7. The Bertz CT molecular complexity index is 1250. The van der Waals surface area contributed by atoms with Crippen LogP contribution in [-0.4, -0.2) is 41.5 Å². The van der Waals surface area contributed by atoms with E-state index in [0.717, 1.165) is 11.6 Å². The SMILES string of the molecule is CC(C)(C)n1cnc(-c2cc3c(cc2F)S(=O)(=O)C[C@H](N)CN3Cc2ccc(Cl)cc2)n1. The molecule has 0 amide bonds. The number of rotatable bonds is 3. The highest BCUT2D eigenvalue weighted by molar-refractivity contribution is 7.91. The zero-order valence-electron chi connectivity index (χ0n) is 18.1. The van der Waals surface area contributed by atoms with E-state index in [1.54, 1.807) is 23.1 Å². The summed E-state index contributed by atoms with van der Waals surface area (Å²) in [6, 6.07) is 9.22. The second-order valence-electron chi connectivity index (χ2n) is 9.03. The molecule has 2 N–H and O–H groups in total. The highest BCUT2D eigenvalue weighted by atomic mass is 35.5. The van der Waals surface area contributed by atoms with E-state index < -0.39 is 21.7 Å². The van der Waals surface area contributed by atoms with E-state index in [-0.39, 0.29) is 27.6 Å². The van der Waals surface area contributed by atoms with Crippen molar-refractivity contribution < 1.29 is 12.8 Å². The van der Waals surface area contributed by atoms with E-state index in [1.165, 1.54) is 6.07 Å². The number of nitrogens with zero attached hydrogens (tertiary/aromatic N) is 4. The molecule has 0 spiro atoms. The molecule has 0 radical (unpaired) electrons. The molecule has 10 heteroatoms. The lowest BCUT2D eigenvalue weighted by atomic mass is 10.1. The van der Waals surface area contributed by atoms with Crippen LogP contribution in [0.3, 0.4) is 0 Å². The lowest BCUT2D eigenvalue weighted by molar-refractivity contribution is 0.355. The van der Waals surface area contributed by atoms with Gasteiger partial charge in [-0.15, -0.1) is 0 Å². The molecule has 0 aliphatic carbocycles. The van der Waals surface area contributed by atoms with Gasteiger partial charge in [0.25, 0.3) is 0 Å². The lowest BCUT2D eigenvalue weighted by Crippen LogP contribution is -2.39. The molecule has 1 aromatic heterocycles. The number of hydrogen-bond donors (Lipinski definition) is 1. The number of aromatic nitrogens is 3. The van der Waals surface area contributed by atoms with Crippen LogP contribution in [0.4, 0.5) is 10.1 Å². The Kier molecular flexibility index (Phi) is 5.77. The number of halogens is 2. The fraction of sp³-hybridized carbons (Fsp3) is 0.364. The molecule has 0 fully saturated rings. The van der Waals surface area contributed by atoms with E-state index in [2.05, 4.69) is 10.1 Å². The second-order valence-corrected chi connectivity index (χ2v) is 11.5. The Labute approximate surface area is 191 Å². The molecule has 0 bridgehead atoms. The van der Waals surface area contributed by atoms with Crippen molar-refractivity contribution in [2.75, 3.05) is 17.2 Å². The first-order valence-corrected chi connectivity index (χ1v) is 12.2. The molecule has 32 heavy (non-hydrogen) atoms. The summed E-state index contributed by atoms with van der Waals surface area (Å²) in [5, 5.41) is 5.02. The molecule has 2 aromatic carbocycles. The summed E-state index contributed by atoms with van der Waals surface area (Å²) >= 11 is 5.99. The summed E-state index contributed by atoms with van der Waals surface area (Å²) in [5.74, 6) is -0.759. The van der Waals surface area contributed by atoms with E-state index in [0.29, 0.717) is 23.8 Å². The van der Waals surface area contributed by atoms with E-state index in [1.807, 2.05) is 37.8 Å². The van der Waals surface area contributed by atoms with Crippen LogP contribution in [0.5, 0.6) is 0 Å². The fourth-order valence-electron chi connectivity index (χ4n) is 3.69. The highest BCUT2D eigenvalue weighted by Crippen LogP contribution is 2.36. The minimum atomic E-state index is -3.77. The standard InChI is InChI=1S/C22H25ClFN5O2S/c1-22(2,3)29-13-26-21(27-29)17-8-19-20(9-18(17)24)32(30,31)12-16(25)11-28(19)10-14-4-6-15(23)7-5-14/h4-9,13,16H,10-12,25H2,1-3H3/t16-/m1/s1. The molecule has 1 aliphatic heterocycles. The average molecular weight is 478 g/mol. The summed E-state index contributed by atoms with van der Waals surface area (Å²) < 4.78 is 42.7. The van der Waals surface area contributed by atoms with Crippen LogP contribution in [0, 0.1) is 5.82 Å². The number of anilines is 1. The van der Waals surface area contributed by atoms with Gasteiger partial charge in [-0.25, -0.2) is 22.5 Å². The van der Waals surface area contributed by atoms with Gasteiger partial charge in [0.15, 0.2) is 15.7 Å². The minimum Gasteiger partial charge on any atom is -0.365 e. The van der Waals surface area contributed by atoms with Crippen molar-refractivity contribution in [3.05, 3.63) is 59.1 Å². The maximum absolute atomic E-state index is 15.1. The number of benzene rings is 2. The summed E-state index contributed by atoms with van der Waals surface area (Å²) in [6.45, 7) is 6.56. The highest BCUT2D eigenvalue weighted by Gasteiger charge is 2.32. The van der Waals surface area contributed by atoms with Gasteiger partial charge in [-0.3, -0.25) is 0 Å². The van der Waals surface area contributed by atoms with Crippen LogP contribution >= 0.6 is 11.6 Å². The Morgan fingerprint density at radius 3 is 2.53 bits per heavy atom. The van der Waals surface area contributed by atoms with Gasteiger partial charge in [0.2, 0.25) is 0 Å². The topological polar surface area (TPSA) is 94.1 Å². The Hall–Kier alpha value is -2.49. The predicted molar refractivity (Wildman–Crippen MR) is 123 cm³/mol. The maximum Gasteiger partial charge on any atom is 0.184 e. The quantitative estimate of drug-likeness (QED) is 0.619. The van der Waals surface area contributed by atoms with Crippen molar-refractivity contribution in [1.82, 2.24) is 14.8 Å². The van der Waals surface area contributed by atoms with Gasteiger partial charge in [-0.1, -0.05) is 23.7 Å². The molecule has 4 rings (SSSR count). The third kappa shape index (κ3) is 4.51. The van der Waals surface area contributed by atoms with Crippen molar-refractivity contribution >= 4 is 27.1 Å². The number of sulfone groups is 1. The van der Waals surface area contributed by atoms with Crippen LogP contribution in [0.15, 0.2) is 47.6 Å². The van der Waals surface area contributed by atoms with Crippen molar-refractivity contribution in [1.29, 1.82) is 0 Å². The van der Waals surface area contributed by atoms with Gasteiger partial charge in [-0.05, 0) is 50.6 Å². The number of nitrogens with two attached hydrogens (primary N) is 1. The van der Waals surface area contributed by atoms with Crippen LogP contribution in [0.25, 0.3) is 11.4 Å². The molecular weight excluding hydrogens is 453 g/mol. The maximum atomic E-state index is 15.1. The largest absolute Gasteiger partial charge is 0.365 e. The minimum absolute atomic E-state index is 0.0732. The van der Waals surface area contributed by atoms with Gasteiger partial charge in [0, 0.05) is 24.2 Å². The number of fused-ring (bicyclic) bond motifs is 1. The van der Waals surface area contributed by atoms with Crippen molar-refractivity contribution in [3.63, 3.8) is 0 Å². The third-order valence-electron chi connectivity index (χ3n) is 5.32. The van der Waals surface area contributed by atoms with Gasteiger partial charge >= 0.3 is 0 Å². The smallest absolute Gasteiger partial charge is 0.184 e. The second kappa shape index (κ2) is 8.13. The molecule has 170 valence electrons. The Balaban J connectivity index is 1.84. The molecule has 2 heterocycles. The fourth-order valence-corrected chi connectivity index (χ4v) is 5.45. The van der Waals surface area contributed by atoms with Crippen LogP contribution < -0.4 is 10.6 Å². The first kappa shape index (κ1) is 22.7. The molecule has 1 atom stereocenters. The summed E-state index contributed by atoms with van der Waals surface area (Å²) in [7, 11) is -3.77. The van der Waals surface area contributed by atoms with Crippen molar-refractivity contribution in [3.8, 4) is 11.4 Å². The molecule has 0 unspecified atom stereocenters. The van der Waals surface area contributed by atoms with Crippen molar-refractivity contribution in [2.45, 2.75) is 43.8 Å². The van der Waals surface area contributed by atoms with Gasteiger partial charge < -0.3 is 10.6 Å². The molecule has 1 aliphatic rings. The molecule has 7 nitrogen and oxygen atoms in total. The van der Waals surface area contributed by atoms with E-state index in [9.17, 15) is 8.42 Å². The molecular formula is C22H25ClFN5O2S. The first-order valence-electron chi connectivity index (χ1n) is 10.2. The summed E-state index contributed by atoms with van der Waals surface area (Å²) in [6.07, 6.45) is 1.54. The van der Waals surface area contributed by atoms with E-state index in [4.69, 9.17) is 17.3 Å². The van der Waals surface area contributed by atoms with Gasteiger partial charge in [0.05, 0.1) is 27.4 Å². The first-order chi connectivity index (χ1) is 14.9. The van der Waals surface area contributed by atoms with Crippen LogP contribution in [0.2, 0.25) is 5.02 Å². The summed E-state index contributed by atoms with van der Waals surface area (Å²) in [4.78, 5) is 6.05. The molecule has 3 aromatic rings.